The summed E-state index contributed by atoms with van der Waals surface area (Å²) in [6.07, 6.45) is -0.132. The summed E-state index contributed by atoms with van der Waals surface area (Å²) in [5, 5.41) is 7.96. The Kier molecular flexibility index (Phi) is 6.54. The van der Waals surface area contributed by atoms with Crippen LogP contribution in [0.3, 0.4) is 0 Å². The predicted molar refractivity (Wildman–Crippen MR) is 107 cm³/mol. The lowest BCUT2D eigenvalue weighted by Gasteiger charge is -2.17. The summed E-state index contributed by atoms with van der Waals surface area (Å²) in [5.41, 5.74) is 1.66. The number of carbonyl (C=O) groups is 1. The minimum absolute atomic E-state index is 0.110. The van der Waals surface area contributed by atoms with Gasteiger partial charge in [0.2, 0.25) is 11.7 Å². The van der Waals surface area contributed by atoms with Crippen LogP contribution in [0, 0.1) is 6.92 Å². The van der Waals surface area contributed by atoms with Gasteiger partial charge in [0.1, 0.15) is 5.75 Å². The molecule has 0 spiro atoms. The molecule has 0 aliphatic carbocycles. The number of aryl methyl sites for hydroxylation is 1. The molecule has 1 aromatic heterocycles. The highest BCUT2D eigenvalue weighted by Gasteiger charge is 2.19. The van der Waals surface area contributed by atoms with Crippen molar-refractivity contribution < 1.29 is 14.1 Å². The van der Waals surface area contributed by atoms with E-state index in [0.717, 1.165) is 11.1 Å². The van der Waals surface area contributed by atoms with Crippen molar-refractivity contribution in [1.82, 2.24) is 15.5 Å². The highest BCUT2D eigenvalue weighted by Crippen LogP contribution is 2.22. The average molecular weight is 420 g/mol. The number of hydrogen-bond acceptors (Lipinski definition) is 5. The van der Waals surface area contributed by atoms with Crippen molar-refractivity contribution in [2.24, 2.45) is 0 Å². The number of hydrogen-bond donors (Lipinski definition) is 1. The van der Waals surface area contributed by atoms with E-state index in [4.69, 9.17) is 32.5 Å². The van der Waals surface area contributed by atoms with Gasteiger partial charge in [0, 0.05) is 15.6 Å². The smallest absolute Gasteiger partial charge is 0.261 e. The van der Waals surface area contributed by atoms with Gasteiger partial charge in [-0.3, -0.25) is 4.79 Å². The first-order valence-electron chi connectivity index (χ1n) is 8.75. The summed E-state index contributed by atoms with van der Waals surface area (Å²) in [7, 11) is 0. The third-order valence-electron chi connectivity index (χ3n) is 4.06. The molecule has 0 saturated carbocycles. The number of benzene rings is 2. The van der Waals surface area contributed by atoms with E-state index in [1.165, 1.54) is 0 Å². The Labute approximate surface area is 172 Å². The second-order valence-corrected chi connectivity index (χ2v) is 7.01. The molecule has 1 N–H and O–H groups in total. The molecule has 0 aliphatic rings. The molecule has 3 rings (SSSR count). The molecule has 1 heterocycles. The number of nitrogens with one attached hydrogen (secondary N) is 1. The zero-order valence-corrected chi connectivity index (χ0v) is 16.9. The van der Waals surface area contributed by atoms with Crippen LogP contribution in [0.2, 0.25) is 10.0 Å². The largest absolute Gasteiger partial charge is 0.481 e. The Hall–Kier alpha value is -2.57. The topological polar surface area (TPSA) is 77.2 Å². The Morgan fingerprint density at radius 3 is 2.64 bits per heavy atom. The van der Waals surface area contributed by atoms with E-state index in [2.05, 4.69) is 15.5 Å². The number of aromatic nitrogens is 2. The van der Waals surface area contributed by atoms with E-state index >= 15 is 0 Å². The third-order valence-corrected chi connectivity index (χ3v) is 4.73. The molecule has 1 atom stereocenters. The fraction of sp³-hybridized carbons (Fsp3) is 0.250. The van der Waals surface area contributed by atoms with Gasteiger partial charge in [-0.05, 0) is 61.4 Å². The van der Waals surface area contributed by atoms with Crippen molar-refractivity contribution in [2.75, 3.05) is 0 Å². The average Bonchev–Trinajstić information content (AvgIpc) is 3.16. The zero-order valence-electron chi connectivity index (χ0n) is 15.4. The molecule has 2 aromatic carbocycles. The molecule has 0 unspecified atom stereocenters. The normalized spacial score (nSPS) is 11.9. The Balaban J connectivity index is 1.59. The van der Waals surface area contributed by atoms with Crippen molar-refractivity contribution in [3.8, 4) is 17.1 Å². The summed E-state index contributed by atoms with van der Waals surface area (Å²) >= 11 is 11.9. The maximum Gasteiger partial charge on any atom is 0.261 e. The van der Waals surface area contributed by atoms with Crippen LogP contribution in [-0.4, -0.2) is 22.2 Å². The highest BCUT2D eigenvalue weighted by molar-refractivity contribution is 6.31. The maximum absolute atomic E-state index is 12.5. The van der Waals surface area contributed by atoms with Gasteiger partial charge in [-0.25, -0.2) is 0 Å². The lowest BCUT2D eigenvalue weighted by molar-refractivity contribution is -0.128. The summed E-state index contributed by atoms with van der Waals surface area (Å²) in [6.45, 7) is 3.86. The van der Waals surface area contributed by atoms with E-state index in [-0.39, 0.29) is 12.5 Å². The number of rotatable bonds is 7. The van der Waals surface area contributed by atoms with Crippen LogP contribution >= 0.6 is 23.2 Å². The van der Waals surface area contributed by atoms with Crippen molar-refractivity contribution >= 4 is 29.1 Å². The predicted octanol–water partition coefficient (Wildman–Crippen LogP) is 4.83. The zero-order chi connectivity index (χ0) is 20.1. The lowest BCUT2D eigenvalue weighted by Crippen LogP contribution is -2.37. The van der Waals surface area contributed by atoms with Crippen molar-refractivity contribution in [3.05, 3.63) is 64.0 Å². The molecule has 28 heavy (non-hydrogen) atoms. The van der Waals surface area contributed by atoms with Crippen LogP contribution in [0.15, 0.2) is 47.0 Å². The lowest BCUT2D eigenvalue weighted by atomic mass is 10.2. The second kappa shape index (κ2) is 9.08. The van der Waals surface area contributed by atoms with Crippen LogP contribution < -0.4 is 10.1 Å². The summed E-state index contributed by atoms with van der Waals surface area (Å²) in [4.78, 5) is 16.7. The molecule has 0 bridgehead atoms. The molecule has 0 saturated heterocycles. The van der Waals surface area contributed by atoms with Gasteiger partial charge in [0.05, 0.1) is 6.54 Å². The molecular weight excluding hydrogens is 401 g/mol. The van der Waals surface area contributed by atoms with Crippen molar-refractivity contribution in [2.45, 2.75) is 32.9 Å². The molecular formula is C20H19Cl2N3O3. The van der Waals surface area contributed by atoms with Gasteiger partial charge in [-0.15, -0.1) is 0 Å². The molecule has 146 valence electrons. The van der Waals surface area contributed by atoms with Crippen LogP contribution in [-0.2, 0) is 11.3 Å². The van der Waals surface area contributed by atoms with Gasteiger partial charge in [0.15, 0.2) is 6.10 Å². The fourth-order valence-corrected chi connectivity index (χ4v) is 2.74. The molecule has 0 radical (unpaired) electrons. The number of halogens is 2. The van der Waals surface area contributed by atoms with E-state index in [1.807, 2.05) is 13.8 Å². The first-order valence-corrected chi connectivity index (χ1v) is 9.51. The summed E-state index contributed by atoms with van der Waals surface area (Å²) in [5.74, 6) is 1.06. The van der Waals surface area contributed by atoms with Crippen LogP contribution in [0.4, 0.5) is 0 Å². The number of amides is 1. The summed E-state index contributed by atoms with van der Waals surface area (Å²) < 4.78 is 11.0. The number of nitrogens with zero attached hydrogens (tertiary/aromatic N) is 2. The third kappa shape index (κ3) is 5.03. The van der Waals surface area contributed by atoms with E-state index in [9.17, 15) is 4.79 Å². The Morgan fingerprint density at radius 2 is 1.96 bits per heavy atom. The standard InChI is InChI=1S/C20H19Cl2N3O3/c1-3-17(27-15-8-9-16(22)12(2)10-15)20(26)23-11-18-24-19(25-28-18)13-4-6-14(21)7-5-13/h4-10,17H,3,11H2,1-2H3,(H,23,26)/t17-/m0/s1. The van der Waals surface area contributed by atoms with Crippen molar-refractivity contribution in [1.29, 1.82) is 0 Å². The maximum atomic E-state index is 12.5. The van der Waals surface area contributed by atoms with Crippen LogP contribution in [0.5, 0.6) is 5.75 Å². The molecule has 8 heteroatoms. The van der Waals surface area contributed by atoms with Gasteiger partial charge in [0.25, 0.3) is 5.91 Å². The molecule has 6 nitrogen and oxygen atoms in total. The summed E-state index contributed by atoms with van der Waals surface area (Å²) in [6, 6.07) is 12.4. The van der Waals surface area contributed by atoms with Crippen LogP contribution in [0.25, 0.3) is 11.4 Å². The van der Waals surface area contributed by atoms with Gasteiger partial charge in [-0.2, -0.15) is 4.98 Å². The first kappa shape index (κ1) is 20.2. The van der Waals surface area contributed by atoms with Gasteiger partial charge in [-0.1, -0.05) is 35.3 Å². The van der Waals surface area contributed by atoms with Crippen molar-refractivity contribution in [3.63, 3.8) is 0 Å². The molecule has 1 amide bonds. The van der Waals surface area contributed by atoms with E-state index in [1.54, 1.807) is 42.5 Å². The van der Waals surface area contributed by atoms with Gasteiger partial charge < -0.3 is 14.6 Å². The van der Waals surface area contributed by atoms with Crippen LogP contribution in [0.1, 0.15) is 24.8 Å². The second-order valence-electron chi connectivity index (χ2n) is 6.16. The number of ether oxygens (including phenoxy) is 1. The van der Waals surface area contributed by atoms with E-state index < -0.39 is 6.10 Å². The number of carbonyl (C=O) groups excluding carboxylic acids is 1. The first-order chi connectivity index (χ1) is 13.5. The minimum atomic E-state index is -0.640. The molecule has 0 aliphatic heterocycles. The highest BCUT2D eigenvalue weighted by atomic mass is 35.5. The quantitative estimate of drug-likeness (QED) is 0.593. The molecule has 0 fully saturated rings. The SMILES string of the molecule is CC[C@H](Oc1ccc(Cl)c(C)c1)C(=O)NCc1nc(-c2ccc(Cl)cc2)no1. The Bertz CT molecular complexity index is 958. The minimum Gasteiger partial charge on any atom is -0.481 e. The van der Waals surface area contributed by atoms with Gasteiger partial charge >= 0.3 is 0 Å². The monoisotopic (exact) mass is 419 g/mol. The fourth-order valence-electron chi connectivity index (χ4n) is 2.50. The van der Waals surface area contributed by atoms with E-state index in [0.29, 0.717) is 33.9 Å². The Morgan fingerprint density at radius 1 is 1.21 bits per heavy atom. The molecule has 3 aromatic rings.